The molecule has 7 heteroatoms. The summed E-state index contributed by atoms with van der Waals surface area (Å²) < 4.78 is 53.9. The lowest BCUT2D eigenvalue weighted by atomic mass is 10.1. The molecular weight excluding hydrogens is 298 g/mol. The van der Waals surface area contributed by atoms with Crippen LogP contribution in [0.1, 0.15) is 37.7 Å². The average Bonchev–Trinajstić information content (AvgIpc) is 2.92. The lowest BCUT2D eigenvalue weighted by Crippen LogP contribution is -2.27. The Bertz CT molecular complexity index is 599. The molecule has 0 bridgehead atoms. The standard InChI is InChI=1S/C14H20F2N2O2S/c15-12-5-6-13(14(16)11(12)9-17)21(19,20)18-8-7-10-3-1-2-4-10/h5-6,10,18H,1-4,7-9,17H2. The molecule has 1 aliphatic rings. The minimum Gasteiger partial charge on any atom is -0.326 e. The van der Waals surface area contributed by atoms with Crippen molar-refractivity contribution in [1.82, 2.24) is 4.72 Å². The maximum Gasteiger partial charge on any atom is 0.243 e. The Hall–Kier alpha value is -1.05. The average molecular weight is 318 g/mol. The second kappa shape index (κ2) is 6.81. The highest BCUT2D eigenvalue weighted by Crippen LogP contribution is 2.27. The molecule has 1 saturated carbocycles. The summed E-state index contributed by atoms with van der Waals surface area (Å²) in [5, 5.41) is 0. The van der Waals surface area contributed by atoms with Crippen molar-refractivity contribution in [3.05, 3.63) is 29.3 Å². The first-order valence-corrected chi connectivity index (χ1v) is 8.60. The minimum atomic E-state index is -3.98. The predicted molar refractivity (Wildman–Crippen MR) is 76.0 cm³/mol. The van der Waals surface area contributed by atoms with Gasteiger partial charge in [0.05, 0.1) is 0 Å². The van der Waals surface area contributed by atoms with E-state index in [0.717, 1.165) is 31.4 Å². The Morgan fingerprint density at radius 3 is 2.52 bits per heavy atom. The zero-order chi connectivity index (χ0) is 15.5. The van der Waals surface area contributed by atoms with Gasteiger partial charge in [0.1, 0.15) is 10.7 Å². The third kappa shape index (κ3) is 3.78. The third-order valence-electron chi connectivity index (χ3n) is 3.96. The molecule has 3 N–H and O–H groups in total. The topological polar surface area (TPSA) is 72.2 Å². The number of benzene rings is 1. The number of nitrogens with two attached hydrogens (primary N) is 1. The zero-order valence-corrected chi connectivity index (χ0v) is 12.6. The van der Waals surface area contributed by atoms with Gasteiger partial charge in [-0.3, -0.25) is 0 Å². The molecule has 0 heterocycles. The van der Waals surface area contributed by atoms with E-state index in [1.807, 2.05) is 0 Å². The van der Waals surface area contributed by atoms with Crippen LogP contribution >= 0.6 is 0 Å². The van der Waals surface area contributed by atoms with Crippen LogP contribution in [0.15, 0.2) is 17.0 Å². The number of sulfonamides is 1. The zero-order valence-electron chi connectivity index (χ0n) is 11.7. The molecule has 2 rings (SSSR count). The van der Waals surface area contributed by atoms with Crippen LogP contribution in [0.5, 0.6) is 0 Å². The van der Waals surface area contributed by atoms with Crippen LogP contribution in [0, 0.1) is 17.6 Å². The first kappa shape index (κ1) is 16.3. The van der Waals surface area contributed by atoms with E-state index >= 15 is 0 Å². The van der Waals surface area contributed by atoms with Crippen LogP contribution < -0.4 is 10.5 Å². The van der Waals surface area contributed by atoms with Crippen molar-refractivity contribution in [1.29, 1.82) is 0 Å². The molecule has 0 amide bonds. The Morgan fingerprint density at radius 2 is 1.90 bits per heavy atom. The molecule has 0 radical (unpaired) electrons. The van der Waals surface area contributed by atoms with Crippen LogP contribution in [-0.2, 0) is 16.6 Å². The molecule has 0 aromatic heterocycles. The highest BCUT2D eigenvalue weighted by Gasteiger charge is 2.23. The van der Waals surface area contributed by atoms with Gasteiger partial charge in [0.2, 0.25) is 10.0 Å². The van der Waals surface area contributed by atoms with Crippen molar-refractivity contribution in [2.75, 3.05) is 6.54 Å². The van der Waals surface area contributed by atoms with Gasteiger partial charge < -0.3 is 5.73 Å². The lowest BCUT2D eigenvalue weighted by molar-refractivity contribution is 0.492. The van der Waals surface area contributed by atoms with Gasteiger partial charge in [-0.2, -0.15) is 0 Å². The van der Waals surface area contributed by atoms with Crippen molar-refractivity contribution in [3.8, 4) is 0 Å². The first-order valence-electron chi connectivity index (χ1n) is 7.12. The lowest BCUT2D eigenvalue weighted by Gasteiger charge is -2.12. The van der Waals surface area contributed by atoms with Crippen molar-refractivity contribution in [3.63, 3.8) is 0 Å². The molecule has 0 spiro atoms. The number of hydrogen-bond acceptors (Lipinski definition) is 3. The molecular formula is C14H20F2N2O2S. The molecule has 21 heavy (non-hydrogen) atoms. The van der Waals surface area contributed by atoms with E-state index in [1.54, 1.807) is 0 Å². The first-order chi connectivity index (χ1) is 9.95. The minimum absolute atomic E-state index is 0.266. The Balaban J connectivity index is 2.08. The van der Waals surface area contributed by atoms with Gasteiger partial charge in [0.15, 0.2) is 5.82 Å². The van der Waals surface area contributed by atoms with Crippen LogP contribution in [0.2, 0.25) is 0 Å². The Labute approximate surface area is 123 Å². The number of hydrogen-bond donors (Lipinski definition) is 2. The number of rotatable bonds is 6. The summed E-state index contributed by atoms with van der Waals surface area (Å²) in [7, 11) is -3.98. The fourth-order valence-corrected chi connectivity index (χ4v) is 3.89. The summed E-state index contributed by atoms with van der Waals surface area (Å²) >= 11 is 0. The molecule has 0 atom stereocenters. The van der Waals surface area contributed by atoms with E-state index in [-0.39, 0.29) is 13.1 Å². The van der Waals surface area contributed by atoms with E-state index in [9.17, 15) is 17.2 Å². The van der Waals surface area contributed by atoms with E-state index in [0.29, 0.717) is 5.92 Å². The monoisotopic (exact) mass is 318 g/mol. The van der Waals surface area contributed by atoms with Crippen LogP contribution in [0.25, 0.3) is 0 Å². The van der Waals surface area contributed by atoms with Crippen molar-refractivity contribution in [2.45, 2.75) is 43.5 Å². The summed E-state index contributed by atoms with van der Waals surface area (Å²) in [6.07, 6.45) is 5.34. The Morgan fingerprint density at radius 1 is 1.24 bits per heavy atom. The van der Waals surface area contributed by atoms with Gasteiger partial charge in [-0.15, -0.1) is 0 Å². The fourth-order valence-electron chi connectivity index (χ4n) is 2.75. The summed E-state index contributed by atoms with van der Waals surface area (Å²) in [5.74, 6) is -1.41. The molecule has 1 fully saturated rings. The van der Waals surface area contributed by atoms with Gasteiger partial charge in [-0.1, -0.05) is 25.7 Å². The van der Waals surface area contributed by atoms with Crippen molar-refractivity contribution < 1.29 is 17.2 Å². The molecule has 0 saturated heterocycles. The number of nitrogens with one attached hydrogen (secondary N) is 1. The smallest absolute Gasteiger partial charge is 0.243 e. The second-order valence-corrected chi connectivity index (χ2v) is 7.11. The molecule has 1 aromatic rings. The van der Waals surface area contributed by atoms with Crippen LogP contribution in [0.3, 0.4) is 0 Å². The Kier molecular flexibility index (Phi) is 5.29. The molecule has 1 aromatic carbocycles. The van der Waals surface area contributed by atoms with Gasteiger partial charge in [0.25, 0.3) is 0 Å². The highest BCUT2D eigenvalue weighted by molar-refractivity contribution is 7.89. The van der Waals surface area contributed by atoms with E-state index in [4.69, 9.17) is 5.73 Å². The molecule has 118 valence electrons. The van der Waals surface area contributed by atoms with E-state index in [2.05, 4.69) is 4.72 Å². The van der Waals surface area contributed by atoms with Crippen LogP contribution in [-0.4, -0.2) is 15.0 Å². The molecule has 0 aliphatic heterocycles. The van der Waals surface area contributed by atoms with Gasteiger partial charge in [0, 0.05) is 18.7 Å². The maximum absolute atomic E-state index is 14.0. The summed E-state index contributed by atoms with van der Waals surface area (Å²) in [5.41, 5.74) is 4.84. The molecule has 4 nitrogen and oxygen atoms in total. The van der Waals surface area contributed by atoms with Gasteiger partial charge in [-0.05, 0) is 24.5 Å². The maximum atomic E-state index is 14.0. The summed E-state index contributed by atoms with van der Waals surface area (Å²) in [6.45, 7) is -0.120. The van der Waals surface area contributed by atoms with E-state index in [1.165, 1.54) is 12.8 Å². The van der Waals surface area contributed by atoms with Gasteiger partial charge >= 0.3 is 0 Å². The normalized spacial score (nSPS) is 16.5. The highest BCUT2D eigenvalue weighted by atomic mass is 32.2. The summed E-state index contributed by atoms with van der Waals surface area (Å²) in [6, 6.07) is 1.86. The SMILES string of the molecule is NCc1c(F)ccc(S(=O)(=O)NCCC2CCCC2)c1F. The van der Waals surface area contributed by atoms with Crippen molar-refractivity contribution in [2.24, 2.45) is 11.7 Å². The summed E-state index contributed by atoms with van der Waals surface area (Å²) in [4.78, 5) is -0.546. The largest absolute Gasteiger partial charge is 0.326 e. The van der Waals surface area contributed by atoms with Crippen LogP contribution in [0.4, 0.5) is 8.78 Å². The third-order valence-corrected chi connectivity index (χ3v) is 5.44. The predicted octanol–water partition coefficient (Wildman–Crippen LogP) is 2.28. The van der Waals surface area contributed by atoms with Crippen molar-refractivity contribution >= 4 is 10.0 Å². The number of halogens is 2. The van der Waals surface area contributed by atoms with Gasteiger partial charge in [-0.25, -0.2) is 21.9 Å². The second-order valence-electron chi connectivity index (χ2n) is 5.38. The molecule has 1 aliphatic carbocycles. The fraction of sp³-hybridized carbons (Fsp3) is 0.571. The quantitative estimate of drug-likeness (QED) is 0.845. The van der Waals surface area contributed by atoms with E-state index < -0.39 is 32.1 Å². The molecule has 0 unspecified atom stereocenters.